The average Bonchev–Trinajstić information content (AvgIpc) is 3.40. The molecule has 2 aliphatic rings. The first-order chi connectivity index (χ1) is 12.2. The summed E-state index contributed by atoms with van der Waals surface area (Å²) >= 11 is 0. The Bertz CT molecular complexity index is 659. The Kier molecular flexibility index (Phi) is 4.92. The molecule has 7 nitrogen and oxygen atoms in total. The molecule has 2 N–H and O–H groups in total. The number of nitrogens with zero attached hydrogens (tertiary/aromatic N) is 3. The number of carbonyl (C=O) groups excluding carboxylic acids is 2. The highest BCUT2D eigenvalue weighted by Gasteiger charge is 2.46. The molecule has 0 bridgehead atoms. The van der Waals surface area contributed by atoms with Gasteiger partial charge in [-0.15, -0.1) is 0 Å². The second-order valence-electron chi connectivity index (χ2n) is 8.22. The molecule has 0 radical (unpaired) electrons. The molecule has 1 aromatic rings. The van der Waals surface area contributed by atoms with Gasteiger partial charge in [0.1, 0.15) is 11.4 Å². The Labute approximate surface area is 154 Å². The highest BCUT2D eigenvalue weighted by atomic mass is 16.6. The van der Waals surface area contributed by atoms with Crippen molar-refractivity contribution in [3.05, 3.63) is 24.4 Å². The average molecular weight is 360 g/mol. The van der Waals surface area contributed by atoms with E-state index in [0.29, 0.717) is 31.7 Å². The van der Waals surface area contributed by atoms with E-state index < -0.39 is 11.1 Å². The van der Waals surface area contributed by atoms with E-state index in [1.54, 1.807) is 16.0 Å². The zero-order valence-corrected chi connectivity index (χ0v) is 15.8. The molecule has 1 saturated carbocycles. The van der Waals surface area contributed by atoms with Gasteiger partial charge in [0, 0.05) is 25.3 Å². The van der Waals surface area contributed by atoms with E-state index in [1.807, 2.05) is 39.0 Å². The lowest BCUT2D eigenvalue weighted by molar-refractivity contribution is -0.125. The summed E-state index contributed by atoms with van der Waals surface area (Å²) in [5.41, 5.74) is 4.99. The minimum Gasteiger partial charge on any atom is -0.444 e. The number of aromatic nitrogens is 1. The third-order valence-electron chi connectivity index (χ3n) is 4.76. The number of carbonyl (C=O) groups is 2. The Hall–Kier alpha value is -2.15. The molecule has 2 heterocycles. The first kappa shape index (κ1) is 18.6. The van der Waals surface area contributed by atoms with Crippen molar-refractivity contribution in [1.29, 1.82) is 0 Å². The van der Waals surface area contributed by atoms with Gasteiger partial charge in [0.25, 0.3) is 0 Å². The molecule has 0 spiro atoms. The largest absolute Gasteiger partial charge is 0.444 e. The van der Waals surface area contributed by atoms with Gasteiger partial charge in [-0.25, -0.2) is 9.78 Å². The minimum atomic E-state index is -0.974. The maximum Gasteiger partial charge on any atom is 0.410 e. The molecule has 1 aromatic heterocycles. The molecule has 0 aromatic carbocycles. The second kappa shape index (κ2) is 6.87. The van der Waals surface area contributed by atoms with Crippen molar-refractivity contribution in [3.8, 4) is 0 Å². The van der Waals surface area contributed by atoms with Crippen molar-refractivity contribution in [2.24, 2.45) is 5.73 Å². The SMILES string of the molecule is CC(C)(C)OC(=O)N1CCC(N)(C(=O)N(c2ccccn2)C2CC2)CC1. The van der Waals surface area contributed by atoms with Crippen LogP contribution in [-0.4, -0.2) is 52.2 Å². The smallest absolute Gasteiger partial charge is 0.410 e. The predicted octanol–water partition coefficient (Wildman–Crippen LogP) is 2.31. The molecular weight excluding hydrogens is 332 g/mol. The summed E-state index contributed by atoms with van der Waals surface area (Å²) in [4.78, 5) is 33.2. The standard InChI is InChI=1S/C19H28N4O3/c1-18(2,3)26-17(25)22-12-9-19(20,10-13-22)16(24)23(14-7-8-14)15-6-4-5-11-21-15/h4-6,11,14H,7-10,12-13,20H2,1-3H3. The summed E-state index contributed by atoms with van der Waals surface area (Å²) in [6.07, 6.45) is 4.12. The fourth-order valence-electron chi connectivity index (χ4n) is 3.15. The van der Waals surface area contributed by atoms with E-state index in [0.717, 1.165) is 12.8 Å². The summed E-state index contributed by atoms with van der Waals surface area (Å²) in [6.45, 7) is 6.35. The number of amides is 2. The topological polar surface area (TPSA) is 88.8 Å². The zero-order valence-electron chi connectivity index (χ0n) is 15.8. The van der Waals surface area contributed by atoms with Gasteiger partial charge in [0.05, 0.1) is 5.54 Å². The Morgan fingerprint density at radius 2 is 1.92 bits per heavy atom. The molecule has 1 saturated heterocycles. The molecule has 7 heteroatoms. The Morgan fingerprint density at radius 3 is 2.42 bits per heavy atom. The molecule has 0 unspecified atom stereocenters. The highest BCUT2D eigenvalue weighted by Crippen LogP contribution is 2.34. The third-order valence-corrected chi connectivity index (χ3v) is 4.76. The molecule has 2 amide bonds. The van der Waals surface area contributed by atoms with E-state index in [-0.39, 0.29) is 18.0 Å². The van der Waals surface area contributed by atoms with Crippen LogP contribution >= 0.6 is 0 Å². The molecule has 3 rings (SSSR count). The van der Waals surface area contributed by atoms with Crippen LogP contribution in [0.3, 0.4) is 0 Å². The predicted molar refractivity (Wildman–Crippen MR) is 98.7 cm³/mol. The van der Waals surface area contributed by atoms with E-state index >= 15 is 0 Å². The van der Waals surface area contributed by atoms with Crippen molar-refractivity contribution >= 4 is 17.8 Å². The van der Waals surface area contributed by atoms with Gasteiger partial charge in [-0.05, 0) is 58.6 Å². The van der Waals surface area contributed by atoms with E-state index in [4.69, 9.17) is 10.5 Å². The quantitative estimate of drug-likeness (QED) is 0.893. The van der Waals surface area contributed by atoms with Gasteiger partial charge in [0.15, 0.2) is 0 Å². The summed E-state index contributed by atoms with van der Waals surface area (Å²) in [5.74, 6) is 0.557. The lowest BCUT2D eigenvalue weighted by Gasteiger charge is -2.40. The maximum atomic E-state index is 13.2. The molecular formula is C19H28N4O3. The van der Waals surface area contributed by atoms with Crippen LogP contribution in [0.25, 0.3) is 0 Å². The van der Waals surface area contributed by atoms with E-state index in [2.05, 4.69) is 4.98 Å². The van der Waals surface area contributed by atoms with Crippen LogP contribution in [0.2, 0.25) is 0 Å². The van der Waals surface area contributed by atoms with Crippen LogP contribution in [0.15, 0.2) is 24.4 Å². The number of piperidine rings is 1. The van der Waals surface area contributed by atoms with Gasteiger partial charge in [-0.1, -0.05) is 6.07 Å². The van der Waals surface area contributed by atoms with Gasteiger partial charge >= 0.3 is 6.09 Å². The van der Waals surface area contributed by atoms with E-state index in [1.165, 1.54) is 0 Å². The third kappa shape index (κ3) is 4.15. The van der Waals surface area contributed by atoms with Crippen LogP contribution in [0.1, 0.15) is 46.5 Å². The number of nitrogens with two attached hydrogens (primary N) is 1. The van der Waals surface area contributed by atoms with Crippen molar-refractivity contribution in [1.82, 2.24) is 9.88 Å². The van der Waals surface area contributed by atoms with Crippen molar-refractivity contribution in [2.45, 2.75) is 63.6 Å². The number of hydrogen-bond acceptors (Lipinski definition) is 5. The normalized spacial score (nSPS) is 19.8. The molecule has 142 valence electrons. The minimum absolute atomic E-state index is 0.0949. The van der Waals surface area contributed by atoms with Crippen LogP contribution < -0.4 is 10.6 Å². The molecule has 2 fully saturated rings. The monoisotopic (exact) mass is 360 g/mol. The highest BCUT2D eigenvalue weighted by molar-refractivity contribution is 6.00. The summed E-state index contributed by atoms with van der Waals surface area (Å²) < 4.78 is 5.41. The van der Waals surface area contributed by atoms with E-state index in [9.17, 15) is 9.59 Å². The van der Waals surface area contributed by atoms with Gasteiger partial charge < -0.3 is 15.4 Å². The number of ether oxygens (including phenoxy) is 1. The Morgan fingerprint density at radius 1 is 1.27 bits per heavy atom. The van der Waals surface area contributed by atoms with Crippen LogP contribution in [0, 0.1) is 0 Å². The fourth-order valence-corrected chi connectivity index (χ4v) is 3.15. The molecule has 1 aliphatic carbocycles. The maximum absolute atomic E-state index is 13.2. The summed E-state index contributed by atoms with van der Waals surface area (Å²) in [7, 11) is 0. The van der Waals surface area contributed by atoms with Crippen molar-refractivity contribution in [2.75, 3.05) is 18.0 Å². The van der Waals surface area contributed by atoms with Crippen LogP contribution in [0.5, 0.6) is 0 Å². The van der Waals surface area contributed by atoms with Gasteiger partial charge in [0.2, 0.25) is 5.91 Å². The molecule has 26 heavy (non-hydrogen) atoms. The van der Waals surface area contributed by atoms with Crippen LogP contribution in [-0.2, 0) is 9.53 Å². The first-order valence-corrected chi connectivity index (χ1v) is 9.21. The lowest BCUT2D eigenvalue weighted by Crippen LogP contribution is -2.61. The summed E-state index contributed by atoms with van der Waals surface area (Å²) in [6, 6.07) is 5.73. The fraction of sp³-hybridized carbons (Fsp3) is 0.632. The second-order valence-corrected chi connectivity index (χ2v) is 8.22. The first-order valence-electron chi connectivity index (χ1n) is 9.21. The lowest BCUT2D eigenvalue weighted by atomic mass is 9.87. The number of likely N-dealkylation sites (tertiary alicyclic amines) is 1. The molecule has 0 atom stereocenters. The van der Waals surface area contributed by atoms with Gasteiger partial charge in [-0.2, -0.15) is 0 Å². The number of anilines is 1. The van der Waals surface area contributed by atoms with Crippen LogP contribution in [0.4, 0.5) is 10.6 Å². The number of hydrogen-bond donors (Lipinski definition) is 1. The molecule has 1 aliphatic heterocycles. The number of rotatable bonds is 3. The van der Waals surface area contributed by atoms with Crippen molar-refractivity contribution < 1.29 is 14.3 Å². The Balaban J connectivity index is 1.67. The summed E-state index contributed by atoms with van der Waals surface area (Å²) in [5, 5.41) is 0. The van der Waals surface area contributed by atoms with Gasteiger partial charge in [-0.3, -0.25) is 9.69 Å². The number of pyridine rings is 1. The van der Waals surface area contributed by atoms with Crippen molar-refractivity contribution in [3.63, 3.8) is 0 Å². The zero-order chi connectivity index (χ0) is 18.9.